The molecule has 0 radical (unpaired) electrons. The van der Waals surface area contributed by atoms with Gasteiger partial charge in [0, 0.05) is 18.2 Å². The van der Waals surface area contributed by atoms with Gasteiger partial charge in [0.15, 0.2) is 0 Å². The monoisotopic (exact) mass is 260 g/mol. The molecule has 2 rings (SSSR count). The third kappa shape index (κ3) is 2.98. The minimum absolute atomic E-state index is 0.264. The lowest BCUT2D eigenvalue weighted by Gasteiger charge is -2.22. The molecule has 19 heavy (non-hydrogen) atoms. The van der Waals surface area contributed by atoms with Crippen molar-refractivity contribution in [2.75, 3.05) is 11.4 Å². The van der Waals surface area contributed by atoms with Crippen LogP contribution in [0, 0.1) is 0 Å². The first-order valence-corrected chi connectivity index (χ1v) is 7.31. The molecule has 1 unspecified atom stereocenters. The van der Waals surface area contributed by atoms with E-state index in [0.29, 0.717) is 13.0 Å². The molecule has 1 aliphatic rings. The molecule has 1 heterocycles. The summed E-state index contributed by atoms with van der Waals surface area (Å²) in [5.41, 5.74) is 9.27. The van der Waals surface area contributed by atoms with Crippen LogP contribution >= 0.6 is 0 Å². The normalized spacial score (nSPS) is 17.6. The van der Waals surface area contributed by atoms with Crippen LogP contribution in [0.3, 0.4) is 0 Å². The molecule has 0 saturated carbocycles. The van der Waals surface area contributed by atoms with E-state index < -0.39 is 0 Å². The summed E-state index contributed by atoms with van der Waals surface area (Å²) >= 11 is 0. The van der Waals surface area contributed by atoms with E-state index in [9.17, 15) is 4.79 Å². The van der Waals surface area contributed by atoms with E-state index in [-0.39, 0.29) is 11.9 Å². The van der Waals surface area contributed by atoms with Crippen LogP contribution in [0.4, 0.5) is 5.69 Å². The van der Waals surface area contributed by atoms with Gasteiger partial charge in [0.05, 0.1) is 0 Å². The number of nitrogens with zero attached hydrogens (tertiary/aromatic N) is 1. The summed E-state index contributed by atoms with van der Waals surface area (Å²) in [4.78, 5) is 14.3. The lowest BCUT2D eigenvalue weighted by Crippen LogP contribution is -2.35. The Balaban J connectivity index is 2.19. The van der Waals surface area contributed by atoms with Crippen LogP contribution in [0.25, 0.3) is 0 Å². The zero-order valence-corrected chi connectivity index (χ0v) is 12.0. The maximum Gasteiger partial charge on any atom is 0.227 e. The fourth-order valence-electron chi connectivity index (χ4n) is 2.84. The predicted octanol–water partition coefficient (Wildman–Crippen LogP) is 2.66. The van der Waals surface area contributed by atoms with Crippen molar-refractivity contribution in [2.45, 2.75) is 52.0 Å². The summed E-state index contributed by atoms with van der Waals surface area (Å²) < 4.78 is 0. The highest BCUT2D eigenvalue weighted by Gasteiger charge is 2.30. The first-order chi connectivity index (χ1) is 9.17. The van der Waals surface area contributed by atoms with Gasteiger partial charge in [0.2, 0.25) is 5.91 Å². The second-order valence-electron chi connectivity index (χ2n) is 5.42. The van der Waals surface area contributed by atoms with Crippen LogP contribution in [-0.4, -0.2) is 18.5 Å². The third-order valence-electron chi connectivity index (χ3n) is 3.81. The van der Waals surface area contributed by atoms with Gasteiger partial charge in [-0.2, -0.15) is 0 Å². The van der Waals surface area contributed by atoms with Crippen LogP contribution in [0.2, 0.25) is 0 Å². The Morgan fingerprint density at radius 2 is 2.26 bits per heavy atom. The Morgan fingerprint density at radius 3 is 2.95 bits per heavy atom. The number of carbonyl (C=O) groups is 1. The lowest BCUT2D eigenvalue weighted by atomic mass is 10.1. The van der Waals surface area contributed by atoms with E-state index in [1.54, 1.807) is 0 Å². The maximum absolute atomic E-state index is 12.3. The van der Waals surface area contributed by atoms with Gasteiger partial charge in [-0.05, 0) is 49.9 Å². The fraction of sp³-hybridized carbons (Fsp3) is 0.562. The summed E-state index contributed by atoms with van der Waals surface area (Å²) in [6.07, 6.45) is 4.57. The van der Waals surface area contributed by atoms with Crippen LogP contribution in [0.5, 0.6) is 0 Å². The van der Waals surface area contributed by atoms with E-state index in [1.165, 1.54) is 11.1 Å². The van der Waals surface area contributed by atoms with Crippen molar-refractivity contribution in [1.82, 2.24) is 0 Å². The van der Waals surface area contributed by atoms with E-state index >= 15 is 0 Å². The van der Waals surface area contributed by atoms with Crippen molar-refractivity contribution in [1.29, 1.82) is 0 Å². The first kappa shape index (κ1) is 14.1. The SMILES string of the molecule is CCCCC(=O)N1c2ccc(CCN)cc2CC1C. The third-order valence-corrected chi connectivity index (χ3v) is 3.81. The molecule has 104 valence electrons. The average molecular weight is 260 g/mol. The lowest BCUT2D eigenvalue weighted by molar-refractivity contribution is -0.119. The molecule has 1 aromatic rings. The molecule has 3 nitrogen and oxygen atoms in total. The van der Waals surface area contributed by atoms with Gasteiger partial charge in [0.25, 0.3) is 0 Å². The second kappa shape index (κ2) is 6.20. The first-order valence-electron chi connectivity index (χ1n) is 7.31. The molecule has 0 spiro atoms. The number of nitrogens with two attached hydrogens (primary N) is 1. The Bertz CT molecular complexity index is 456. The van der Waals surface area contributed by atoms with E-state index in [0.717, 1.165) is 31.4 Å². The summed E-state index contributed by atoms with van der Waals surface area (Å²) in [7, 11) is 0. The van der Waals surface area contributed by atoms with Gasteiger partial charge >= 0.3 is 0 Å². The molecular formula is C16H24N2O. The molecule has 0 aromatic heterocycles. The van der Waals surface area contributed by atoms with Crippen LogP contribution in [0.1, 0.15) is 44.2 Å². The van der Waals surface area contributed by atoms with Crippen molar-refractivity contribution < 1.29 is 4.79 Å². The van der Waals surface area contributed by atoms with E-state index in [1.807, 2.05) is 4.90 Å². The zero-order chi connectivity index (χ0) is 13.8. The minimum atomic E-state index is 0.264. The molecule has 0 bridgehead atoms. The second-order valence-corrected chi connectivity index (χ2v) is 5.42. The highest BCUT2D eigenvalue weighted by molar-refractivity contribution is 5.96. The van der Waals surface area contributed by atoms with Crippen LogP contribution < -0.4 is 10.6 Å². The fourth-order valence-corrected chi connectivity index (χ4v) is 2.84. The molecule has 1 aliphatic heterocycles. The summed E-state index contributed by atoms with van der Waals surface area (Å²) in [5.74, 6) is 0.264. The molecular weight excluding hydrogens is 236 g/mol. The molecule has 0 fully saturated rings. The summed E-state index contributed by atoms with van der Waals surface area (Å²) in [6.45, 7) is 4.92. The van der Waals surface area contributed by atoms with Crippen molar-refractivity contribution in [3.05, 3.63) is 29.3 Å². The predicted molar refractivity (Wildman–Crippen MR) is 79.4 cm³/mol. The van der Waals surface area contributed by atoms with E-state index in [4.69, 9.17) is 5.73 Å². The molecule has 0 saturated heterocycles. The smallest absolute Gasteiger partial charge is 0.227 e. The molecule has 2 N–H and O–H groups in total. The summed E-state index contributed by atoms with van der Waals surface area (Å²) in [6, 6.07) is 6.69. The number of carbonyl (C=O) groups excluding carboxylic acids is 1. The van der Waals surface area contributed by atoms with Gasteiger partial charge in [-0.3, -0.25) is 4.79 Å². The number of fused-ring (bicyclic) bond motifs is 1. The van der Waals surface area contributed by atoms with Crippen molar-refractivity contribution in [3.63, 3.8) is 0 Å². The number of amides is 1. The Hall–Kier alpha value is -1.35. The quantitative estimate of drug-likeness (QED) is 0.884. The minimum Gasteiger partial charge on any atom is -0.330 e. The number of rotatable bonds is 5. The molecule has 0 aliphatic carbocycles. The highest BCUT2D eigenvalue weighted by atomic mass is 16.2. The van der Waals surface area contributed by atoms with Gasteiger partial charge < -0.3 is 10.6 Å². The molecule has 3 heteroatoms. The molecule has 1 aromatic carbocycles. The molecule has 1 atom stereocenters. The van der Waals surface area contributed by atoms with Gasteiger partial charge in [-0.15, -0.1) is 0 Å². The van der Waals surface area contributed by atoms with Crippen molar-refractivity contribution in [2.24, 2.45) is 5.73 Å². The van der Waals surface area contributed by atoms with E-state index in [2.05, 4.69) is 32.0 Å². The Labute approximate surface area is 115 Å². The average Bonchev–Trinajstić information content (AvgIpc) is 2.71. The largest absolute Gasteiger partial charge is 0.330 e. The van der Waals surface area contributed by atoms with Crippen LogP contribution in [-0.2, 0) is 17.6 Å². The van der Waals surface area contributed by atoms with Crippen molar-refractivity contribution in [3.8, 4) is 0 Å². The number of anilines is 1. The van der Waals surface area contributed by atoms with Crippen LogP contribution in [0.15, 0.2) is 18.2 Å². The van der Waals surface area contributed by atoms with Crippen molar-refractivity contribution >= 4 is 11.6 Å². The number of hydrogen-bond donors (Lipinski definition) is 1. The topological polar surface area (TPSA) is 46.3 Å². The van der Waals surface area contributed by atoms with Gasteiger partial charge in [-0.1, -0.05) is 25.5 Å². The Morgan fingerprint density at radius 1 is 1.47 bits per heavy atom. The number of unbranched alkanes of at least 4 members (excludes halogenated alkanes) is 1. The molecule has 1 amide bonds. The van der Waals surface area contributed by atoms with Gasteiger partial charge in [-0.25, -0.2) is 0 Å². The van der Waals surface area contributed by atoms with Gasteiger partial charge in [0.1, 0.15) is 0 Å². The Kier molecular flexibility index (Phi) is 4.59. The summed E-state index contributed by atoms with van der Waals surface area (Å²) in [5, 5.41) is 0. The number of hydrogen-bond acceptors (Lipinski definition) is 2. The number of benzene rings is 1. The maximum atomic E-state index is 12.3. The standard InChI is InChI=1S/C16H24N2O/c1-3-4-5-16(19)18-12(2)10-14-11-13(8-9-17)6-7-15(14)18/h6-7,11-12H,3-5,8-10,17H2,1-2H3. The zero-order valence-electron chi connectivity index (χ0n) is 12.0. The highest BCUT2D eigenvalue weighted by Crippen LogP contribution is 2.33.